The number of carbonyl (C=O) groups excluding carboxylic acids is 1. The average molecular weight is 430 g/mol. The normalized spacial score (nSPS) is 17.8. The Kier molecular flexibility index (Phi) is 6.71. The van der Waals surface area contributed by atoms with Crippen LogP contribution < -0.4 is 5.56 Å². The number of thioether (sulfide) groups is 1. The van der Waals surface area contributed by atoms with E-state index in [9.17, 15) is 9.59 Å². The Bertz CT molecular complexity index is 1030. The molecule has 0 saturated carbocycles. The lowest BCUT2D eigenvalue weighted by molar-refractivity contribution is -0.145. The Morgan fingerprint density at radius 2 is 2.03 bits per heavy atom. The third-order valence-electron chi connectivity index (χ3n) is 4.45. The summed E-state index contributed by atoms with van der Waals surface area (Å²) in [5.74, 6) is -0.904. The molecule has 0 aliphatic carbocycles. The summed E-state index contributed by atoms with van der Waals surface area (Å²) in [5.41, 5.74) is 1.29. The molecule has 2 aromatic rings. The summed E-state index contributed by atoms with van der Waals surface area (Å²) in [6, 6.07) is 7.03. The van der Waals surface area contributed by atoms with Gasteiger partial charge in [0.25, 0.3) is 5.56 Å². The van der Waals surface area contributed by atoms with E-state index in [2.05, 4.69) is 28.1 Å². The number of ether oxygens (including phenoxy) is 1. The van der Waals surface area contributed by atoms with Gasteiger partial charge in [0.05, 0.1) is 5.56 Å². The van der Waals surface area contributed by atoms with E-state index in [1.807, 2.05) is 0 Å². The summed E-state index contributed by atoms with van der Waals surface area (Å²) >= 11 is 7.38. The van der Waals surface area contributed by atoms with Gasteiger partial charge in [-0.15, -0.1) is 6.58 Å². The molecule has 2 atom stereocenters. The lowest BCUT2D eigenvalue weighted by Crippen LogP contribution is -2.37. The molecule has 29 heavy (non-hydrogen) atoms. The summed E-state index contributed by atoms with van der Waals surface area (Å²) in [5, 5.41) is 1.01. The summed E-state index contributed by atoms with van der Waals surface area (Å²) in [6.45, 7) is 9.06. The molecular weight excluding hydrogens is 410 g/mol. The van der Waals surface area contributed by atoms with Crippen molar-refractivity contribution >= 4 is 40.9 Å². The summed E-state index contributed by atoms with van der Waals surface area (Å²) in [6.07, 6.45) is 3.22. The zero-order valence-electron chi connectivity index (χ0n) is 15.9. The Labute approximate surface area is 177 Å². The van der Waals surface area contributed by atoms with Crippen LogP contribution in [0.1, 0.15) is 24.0 Å². The van der Waals surface area contributed by atoms with Crippen LogP contribution in [0.2, 0.25) is 5.02 Å². The first kappa shape index (κ1) is 21.1. The van der Waals surface area contributed by atoms with Gasteiger partial charge in [-0.1, -0.05) is 54.2 Å². The highest BCUT2D eigenvalue weighted by atomic mass is 35.5. The van der Waals surface area contributed by atoms with Crippen LogP contribution in [0.5, 0.6) is 0 Å². The highest BCUT2D eigenvalue weighted by molar-refractivity contribution is 7.99. The van der Waals surface area contributed by atoms with Gasteiger partial charge in [-0.25, -0.2) is 9.98 Å². The van der Waals surface area contributed by atoms with Gasteiger partial charge in [-0.2, -0.15) is 0 Å². The molecule has 0 fully saturated rings. The molecule has 0 spiro atoms. The van der Waals surface area contributed by atoms with Gasteiger partial charge in [-0.05, 0) is 24.6 Å². The van der Waals surface area contributed by atoms with Crippen molar-refractivity contribution in [2.24, 2.45) is 10.9 Å². The second-order valence-corrected chi connectivity index (χ2v) is 7.83. The number of aliphatic imine (C=N–C) groups is 1. The lowest BCUT2D eigenvalue weighted by Gasteiger charge is -2.30. The summed E-state index contributed by atoms with van der Waals surface area (Å²) in [7, 11) is 0. The minimum absolute atomic E-state index is 0.0779. The molecule has 2 unspecified atom stereocenters. The number of hydrogen-bond acceptors (Lipinski definition) is 6. The largest absolute Gasteiger partial charge is 0.461 e. The van der Waals surface area contributed by atoms with Gasteiger partial charge >= 0.3 is 5.97 Å². The summed E-state index contributed by atoms with van der Waals surface area (Å²) < 4.78 is 5.30. The number of fused-ring (bicyclic) bond motifs is 1. The Morgan fingerprint density at radius 3 is 2.69 bits per heavy atom. The highest BCUT2D eigenvalue weighted by Gasteiger charge is 2.41. The number of esters is 1. The van der Waals surface area contributed by atoms with E-state index < -0.39 is 17.8 Å². The average Bonchev–Trinajstić information content (AvgIpc) is 2.70. The first-order chi connectivity index (χ1) is 14.0. The standard InChI is InChI=1S/C21H20ClN3O3S/c1-4-10-28-20(27)15-12(3)23-18-17(16(15)13-6-8-14(22)9-7-13)19(26)25-21(24-18)29-11-5-2/h4-9,15-16H,1-2,10-11H2,3H3,(H,24,25,26). The number of H-pyrrole nitrogens is 1. The number of nitrogens with zero attached hydrogens (tertiary/aromatic N) is 2. The van der Waals surface area contributed by atoms with Crippen LogP contribution in [0.15, 0.2) is 64.5 Å². The molecule has 3 rings (SSSR count). The molecule has 2 heterocycles. The lowest BCUT2D eigenvalue weighted by atomic mass is 9.77. The van der Waals surface area contributed by atoms with Gasteiger partial charge in [0.1, 0.15) is 12.5 Å². The van der Waals surface area contributed by atoms with Crippen LogP contribution in [-0.4, -0.2) is 34.0 Å². The zero-order valence-corrected chi connectivity index (χ0v) is 17.4. The number of nitrogens with one attached hydrogen (secondary N) is 1. The molecule has 150 valence electrons. The third kappa shape index (κ3) is 4.52. The third-order valence-corrected chi connectivity index (χ3v) is 5.58. The molecule has 1 aliphatic heterocycles. The van der Waals surface area contributed by atoms with Crippen LogP contribution in [0.25, 0.3) is 0 Å². The number of rotatable bonds is 7. The van der Waals surface area contributed by atoms with Crippen molar-refractivity contribution in [3.05, 3.63) is 76.1 Å². The molecule has 1 N–H and O–H groups in total. The van der Waals surface area contributed by atoms with Crippen molar-refractivity contribution in [3.8, 4) is 0 Å². The molecule has 0 amide bonds. The number of aromatic amines is 1. The van der Waals surface area contributed by atoms with Crippen molar-refractivity contribution < 1.29 is 9.53 Å². The minimum Gasteiger partial charge on any atom is -0.461 e. The van der Waals surface area contributed by atoms with Crippen LogP contribution in [0.3, 0.4) is 0 Å². The molecular formula is C21H20ClN3O3S. The Hall–Kier alpha value is -2.64. The quantitative estimate of drug-likeness (QED) is 0.307. The zero-order chi connectivity index (χ0) is 21.0. The monoisotopic (exact) mass is 429 g/mol. The predicted molar refractivity (Wildman–Crippen MR) is 116 cm³/mol. The molecule has 0 bridgehead atoms. The Morgan fingerprint density at radius 1 is 1.31 bits per heavy atom. The number of hydrogen-bond donors (Lipinski definition) is 1. The molecule has 8 heteroatoms. The first-order valence-corrected chi connectivity index (χ1v) is 10.3. The van der Waals surface area contributed by atoms with E-state index >= 15 is 0 Å². The van der Waals surface area contributed by atoms with Crippen LogP contribution in [0, 0.1) is 5.92 Å². The van der Waals surface area contributed by atoms with Crippen molar-refractivity contribution in [2.75, 3.05) is 12.4 Å². The molecule has 0 radical (unpaired) electrons. The van der Waals surface area contributed by atoms with Crippen LogP contribution >= 0.6 is 23.4 Å². The van der Waals surface area contributed by atoms with E-state index in [1.54, 1.807) is 37.3 Å². The smallest absolute Gasteiger partial charge is 0.315 e. The van der Waals surface area contributed by atoms with Gasteiger partial charge in [0.2, 0.25) is 0 Å². The number of aromatic nitrogens is 2. The predicted octanol–water partition coefficient (Wildman–Crippen LogP) is 4.28. The molecule has 6 nitrogen and oxygen atoms in total. The number of halogens is 1. The fraction of sp³-hybridized carbons (Fsp3) is 0.238. The number of benzene rings is 1. The second-order valence-electron chi connectivity index (χ2n) is 6.39. The van der Waals surface area contributed by atoms with Gasteiger partial charge in [0.15, 0.2) is 11.0 Å². The van der Waals surface area contributed by atoms with Crippen molar-refractivity contribution in [1.82, 2.24) is 9.97 Å². The minimum atomic E-state index is -0.752. The van der Waals surface area contributed by atoms with Crippen molar-refractivity contribution in [3.63, 3.8) is 0 Å². The van der Waals surface area contributed by atoms with Crippen molar-refractivity contribution in [2.45, 2.75) is 18.0 Å². The first-order valence-electron chi connectivity index (χ1n) is 8.92. The van der Waals surface area contributed by atoms with Gasteiger partial charge in [0, 0.05) is 22.4 Å². The van der Waals surface area contributed by atoms with E-state index in [0.717, 1.165) is 5.56 Å². The van der Waals surface area contributed by atoms with E-state index in [4.69, 9.17) is 16.3 Å². The van der Waals surface area contributed by atoms with Crippen LogP contribution in [0.4, 0.5) is 5.82 Å². The molecule has 0 saturated heterocycles. The maximum atomic E-state index is 13.0. The van der Waals surface area contributed by atoms with E-state index in [-0.39, 0.29) is 12.2 Å². The molecule has 1 aromatic carbocycles. The molecule has 1 aromatic heterocycles. The number of carbonyl (C=O) groups is 1. The maximum absolute atomic E-state index is 13.0. The fourth-order valence-corrected chi connectivity index (χ4v) is 3.95. The topological polar surface area (TPSA) is 84.4 Å². The van der Waals surface area contributed by atoms with E-state index in [0.29, 0.717) is 33.0 Å². The second kappa shape index (κ2) is 9.24. The highest BCUT2D eigenvalue weighted by Crippen LogP contribution is 2.41. The summed E-state index contributed by atoms with van der Waals surface area (Å²) in [4.78, 5) is 37.6. The van der Waals surface area contributed by atoms with Gasteiger partial charge in [-0.3, -0.25) is 9.59 Å². The van der Waals surface area contributed by atoms with E-state index in [1.165, 1.54) is 17.8 Å². The fourth-order valence-electron chi connectivity index (χ4n) is 3.23. The van der Waals surface area contributed by atoms with Crippen molar-refractivity contribution in [1.29, 1.82) is 0 Å². The maximum Gasteiger partial charge on any atom is 0.315 e. The SMILES string of the molecule is C=CCOC(=O)C1C(C)=Nc2nc(SCC=C)[nH]c(=O)c2C1c1ccc(Cl)cc1. The van der Waals surface area contributed by atoms with Crippen LogP contribution in [-0.2, 0) is 9.53 Å². The van der Waals surface area contributed by atoms with Gasteiger partial charge < -0.3 is 9.72 Å². The molecule has 1 aliphatic rings. The Balaban J connectivity index is 2.16.